The first-order valence-electron chi connectivity index (χ1n) is 7.54. The third kappa shape index (κ3) is 3.19. The zero-order valence-corrected chi connectivity index (χ0v) is 13.0. The predicted octanol–water partition coefficient (Wildman–Crippen LogP) is 1.56. The number of aryl methyl sites for hydroxylation is 1. The Morgan fingerprint density at radius 1 is 1.50 bits per heavy atom. The molecule has 7 nitrogen and oxygen atoms in total. The van der Waals surface area contributed by atoms with Gasteiger partial charge in [0.1, 0.15) is 11.5 Å². The molecule has 118 valence electrons. The van der Waals surface area contributed by atoms with E-state index in [-0.39, 0.29) is 5.91 Å². The van der Waals surface area contributed by atoms with Crippen molar-refractivity contribution in [2.75, 3.05) is 19.0 Å². The molecule has 0 aromatic carbocycles. The molecule has 7 heteroatoms. The molecule has 0 saturated heterocycles. The Bertz CT molecular complexity index is 661. The Balaban J connectivity index is 1.66. The monoisotopic (exact) mass is 303 g/mol. The fourth-order valence-corrected chi connectivity index (χ4v) is 2.62. The smallest absolute Gasteiger partial charge is 0.275 e. The first-order chi connectivity index (χ1) is 10.7. The molecule has 0 bridgehead atoms. The van der Waals surface area contributed by atoms with Crippen molar-refractivity contribution < 1.29 is 9.53 Å². The van der Waals surface area contributed by atoms with Gasteiger partial charge in [0.25, 0.3) is 5.91 Å². The van der Waals surface area contributed by atoms with Crippen molar-refractivity contribution in [1.82, 2.24) is 19.3 Å². The van der Waals surface area contributed by atoms with Gasteiger partial charge < -0.3 is 14.6 Å². The van der Waals surface area contributed by atoms with Gasteiger partial charge in [0.15, 0.2) is 0 Å². The Kier molecular flexibility index (Phi) is 4.24. The van der Waals surface area contributed by atoms with E-state index in [0.717, 1.165) is 25.2 Å². The van der Waals surface area contributed by atoms with Crippen LogP contribution in [0, 0.1) is 5.92 Å². The van der Waals surface area contributed by atoms with E-state index in [1.54, 1.807) is 24.2 Å². The molecule has 3 rings (SSSR count). The highest BCUT2D eigenvalue weighted by Crippen LogP contribution is 2.20. The molecule has 0 spiro atoms. The first kappa shape index (κ1) is 14.8. The van der Waals surface area contributed by atoms with Crippen LogP contribution in [0.25, 0.3) is 0 Å². The standard InChI is InChI=1S/C15H21N5O2/c1-11-3-4-19-10-13(18-14(19)7-11)15(21)17-12-8-16-20(9-12)5-6-22-2/h8-11H,3-7H2,1-2H3,(H,17,21)/t11-/m0/s1. The zero-order chi connectivity index (χ0) is 15.5. The summed E-state index contributed by atoms with van der Waals surface area (Å²) >= 11 is 0. The molecule has 2 aromatic rings. The fraction of sp³-hybridized carbons (Fsp3) is 0.533. The molecule has 0 saturated carbocycles. The topological polar surface area (TPSA) is 74.0 Å². The molecule has 0 fully saturated rings. The van der Waals surface area contributed by atoms with Gasteiger partial charge in [-0.1, -0.05) is 6.92 Å². The number of amides is 1. The largest absolute Gasteiger partial charge is 0.383 e. The van der Waals surface area contributed by atoms with Crippen LogP contribution in [0.1, 0.15) is 29.7 Å². The average molecular weight is 303 g/mol. The van der Waals surface area contributed by atoms with E-state index < -0.39 is 0 Å². The molecule has 3 heterocycles. The summed E-state index contributed by atoms with van der Waals surface area (Å²) in [6, 6.07) is 0. The van der Waals surface area contributed by atoms with Crippen LogP contribution in [-0.2, 0) is 24.2 Å². The van der Waals surface area contributed by atoms with Gasteiger partial charge in [-0.15, -0.1) is 0 Å². The van der Waals surface area contributed by atoms with Gasteiger partial charge in [-0.05, 0) is 12.3 Å². The van der Waals surface area contributed by atoms with E-state index in [2.05, 4.69) is 26.9 Å². The molecule has 1 aliphatic rings. The number of aromatic nitrogens is 4. The Morgan fingerprint density at radius 3 is 3.18 bits per heavy atom. The molecular weight excluding hydrogens is 282 g/mol. The molecule has 0 unspecified atom stereocenters. The highest BCUT2D eigenvalue weighted by molar-refractivity contribution is 6.02. The minimum absolute atomic E-state index is 0.194. The molecule has 0 aliphatic carbocycles. The minimum atomic E-state index is -0.194. The van der Waals surface area contributed by atoms with Gasteiger partial charge >= 0.3 is 0 Å². The summed E-state index contributed by atoms with van der Waals surface area (Å²) in [6.07, 6.45) is 7.32. The number of rotatable bonds is 5. The Morgan fingerprint density at radius 2 is 2.36 bits per heavy atom. The Labute approximate surface area is 129 Å². The third-order valence-electron chi connectivity index (χ3n) is 3.90. The van der Waals surface area contributed by atoms with Crippen LogP contribution in [0.4, 0.5) is 5.69 Å². The number of carbonyl (C=O) groups excluding carboxylic acids is 1. The lowest BCUT2D eigenvalue weighted by Gasteiger charge is -2.18. The molecule has 2 aromatic heterocycles. The lowest BCUT2D eigenvalue weighted by atomic mass is 10.0. The summed E-state index contributed by atoms with van der Waals surface area (Å²) in [5.74, 6) is 1.44. The van der Waals surface area contributed by atoms with Gasteiger partial charge in [-0.3, -0.25) is 9.48 Å². The van der Waals surface area contributed by atoms with E-state index in [0.29, 0.717) is 30.5 Å². The maximum atomic E-state index is 12.3. The summed E-state index contributed by atoms with van der Waals surface area (Å²) in [5.41, 5.74) is 1.13. The van der Waals surface area contributed by atoms with Gasteiger partial charge in [-0.2, -0.15) is 5.10 Å². The van der Waals surface area contributed by atoms with Crippen molar-refractivity contribution in [3.63, 3.8) is 0 Å². The number of carbonyl (C=O) groups is 1. The van der Waals surface area contributed by atoms with Crippen LogP contribution in [0.15, 0.2) is 18.6 Å². The third-order valence-corrected chi connectivity index (χ3v) is 3.90. The van der Waals surface area contributed by atoms with Crippen molar-refractivity contribution in [2.24, 2.45) is 5.92 Å². The van der Waals surface area contributed by atoms with Gasteiger partial charge in [0.2, 0.25) is 0 Å². The first-order valence-corrected chi connectivity index (χ1v) is 7.54. The van der Waals surface area contributed by atoms with Crippen molar-refractivity contribution in [2.45, 2.75) is 32.9 Å². The summed E-state index contributed by atoms with van der Waals surface area (Å²) in [4.78, 5) is 16.7. The minimum Gasteiger partial charge on any atom is -0.383 e. The fourth-order valence-electron chi connectivity index (χ4n) is 2.62. The number of nitrogens with one attached hydrogen (secondary N) is 1. The van der Waals surface area contributed by atoms with E-state index in [9.17, 15) is 4.79 Å². The highest BCUT2D eigenvalue weighted by atomic mass is 16.5. The normalized spacial score (nSPS) is 17.3. The van der Waals surface area contributed by atoms with Gasteiger partial charge in [0.05, 0.1) is 25.0 Å². The highest BCUT2D eigenvalue weighted by Gasteiger charge is 2.20. The summed E-state index contributed by atoms with van der Waals surface area (Å²) in [6.45, 7) is 4.39. The number of hydrogen-bond acceptors (Lipinski definition) is 4. The van der Waals surface area contributed by atoms with Crippen LogP contribution < -0.4 is 5.32 Å². The predicted molar refractivity (Wildman–Crippen MR) is 81.8 cm³/mol. The van der Waals surface area contributed by atoms with Crippen molar-refractivity contribution in [3.05, 3.63) is 30.1 Å². The lowest BCUT2D eigenvalue weighted by molar-refractivity contribution is 0.102. The molecule has 1 aliphatic heterocycles. The second-order valence-electron chi connectivity index (χ2n) is 5.77. The van der Waals surface area contributed by atoms with Crippen molar-refractivity contribution >= 4 is 11.6 Å². The number of nitrogens with zero attached hydrogens (tertiary/aromatic N) is 4. The van der Waals surface area contributed by atoms with Crippen molar-refractivity contribution in [1.29, 1.82) is 0 Å². The quantitative estimate of drug-likeness (QED) is 0.909. The number of imidazole rings is 1. The molecule has 0 radical (unpaired) electrons. The maximum absolute atomic E-state index is 12.3. The van der Waals surface area contributed by atoms with Gasteiger partial charge in [0, 0.05) is 32.5 Å². The molecule has 22 heavy (non-hydrogen) atoms. The summed E-state index contributed by atoms with van der Waals surface area (Å²) < 4.78 is 8.82. The van der Waals surface area contributed by atoms with E-state index >= 15 is 0 Å². The second kappa shape index (κ2) is 6.31. The molecule has 1 atom stereocenters. The summed E-state index contributed by atoms with van der Waals surface area (Å²) in [7, 11) is 1.65. The van der Waals surface area contributed by atoms with Crippen LogP contribution in [0.5, 0.6) is 0 Å². The van der Waals surface area contributed by atoms with E-state index in [1.807, 2.05) is 6.20 Å². The van der Waals surface area contributed by atoms with Crippen molar-refractivity contribution in [3.8, 4) is 0 Å². The molecule has 1 amide bonds. The second-order valence-corrected chi connectivity index (χ2v) is 5.77. The van der Waals surface area contributed by atoms with Crippen LogP contribution >= 0.6 is 0 Å². The van der Waals surface area contributed by atoms with Crippen LogP contribution in [0.2, 0.25) is 0 Å². The van der Waals surface area contributed by atoms with Crippen LogP contribution in [0.3, 0.4) is 0 Å². The number of methoxy groups -OCH3 is 1. The maximum Gasteiger partial charge on any atom is 0.275 e. The van der Waals surface area contributed by atoms with Gasteiger partial charge in [-0.25, -0.2) is 4.98 Å². The SMILES string of the molecule is COCCn1cc(NC(=O)c2cn3c(n2)C[C@@H](C)CC3)cn1. The Hall–Kier alpha value is -2.15. The number of anilines is 1. The average Bonchev–Trinajstić information content (AvgIpc) is 3.11. The van der Waals surface area contributed by atoms with E-state index in [1.165, 1.54) is 0 Å². The zero-order valence-electron chi connectivity index (χ0n) is 13.0. The number of fused-ring (bicyclic) bond motifs is 1. The number of hydrogen-bond donors (Lipinski definition) is 1. The lowest BCUT2D eigenvalue weighted by Crippen LogP contribution is -2.16. The van der Waals surface area contributed by atoms with Crippen LogP contribution in [-0.4, -0.2) is 39.0 Å². The molecular formula is C15H21N5O2. The summed E-state index contributed by atoms with van der Waals surface area (Å²) in [5, 5.41) is 7.01. The number of ether oxygens (including phenoxy) is 1. The van der Waals surface area contributed by atoms with E-state index in [4.69, 9.17) is 4.74 Å². The molecule has 1 N–H and O–H groups in total.